The van der Waals surface area contributed by atoms with Gasteiger partial charge in [-0.2, -0.15) is 5.01 Å². The van der Waals surface area contributed by atoms with Gasteiger partial charge in [-0.1, -0.05) is 36.0 Å². The summed E-state index contributed by atoms with van der Waals surface area (Å²) in [6, 6.07) is 12.0. The minimum Gasteiger partial charge on any atom is -0.493 e. The fraction of sp³-hybridized carbons (Fsp3) is 0.100. The van der Waals surface area contributed by atoms with E-state index in [0.717, 1.165) is 16.8 Å². The van der Waals surface area contributed by atoms with Crippen molar-refractivity contribution in [2.24, 2.45) is 0 Å². The molecule has 1 fully saturated rings. The maximum absolute atomic E-state index is 12.7. The first-order chi connectivity index (χ1) is 15.3. The molecule has 0 spiro atoms. The van der Waals surface area contributed by atoms with Crippen molar-refractivity contribution in [2.75, 3.05) is 6.61 Å². The Morgan fingerprint density at radius 2 is 2.00 bits per heavy atom. The number of hydrogen-bond donors (Lipinski definition) is 2. The van der Waals surface area contributed by atoms with Crippen molar-refractivity contribution in [2.45, 2.75) is 6.42 Å². The van der Waals surface area contributed by atoms with Crippen LogP contribution in [0.15, 0.2) is 53.4 Å². The Morgan fingerprint density at radius 3 is 2.72 bits per heavy atom. The van der Waals surface area contributed by atoms with Crippen LogP contribution in [0, 0.1) is 10.1 Å². The van der Waals surface area contributed by atoms with Gasteiger partial charge in [-0.15, -0.1) is 0 Å². The van der Waals surface area contributed by atoms with Crippen LogP contribution in [0.5, 0.6) is 5.75 Å². The van der Waals surface area contributed by atoms with Gasteiger partial charge in [-0.3, -0.25) is 29.9 Å². The summed E-state index contributed by atoms with van der Waals surface area (Å²) in [5.74, 6) is -1.99. The zero-order valence-electron chi connectivity index (χ0n) is 16.2. The van der Waals surface area contributed by atoms with Gasteiger partial charge in [0.2, 0.25) is 0 Å². The third-order valence-electron chi connectivity index (χ3n) is 4.09. The van der Waals surface area contributed by atoms with Gasteiger partial charge in [0.05, 0.1) is 22.9 Å². The standard InChI is InChI=1S/C20H15N3O7S2/c24-17(25)8-9-30-13-5-3-4-12(10-13)11-16-19(27)22(20(31)32-16)21-18(26)14-6-1-2-7-15(14)23(28)29/h1-7,10-11H,8-9H2,(H,21,26)(H,24,25)/b16-11+. The second-order valence-corrected chi connectivity index (χ2v) is 7.97. The second kappa shape index (κ2) is 10.0. The van der Waals surface area contributed by atoms with Crippen LogP contribution in [0.4, 0.5) is 5.69 Å². The summed E-state index contributed by atoms with van der Waals surface area (Å²) in [5, 5.41) is 20.7. The van der Waals surface area contributed by atoms with Gasteiger partial charge in [0.15, 0.2) is 4.32 Å². The van der Waals surface area contributed by atoms with Crippen LogP contribution < -0.4 is 10.2 Å². The SMILES string of the molecule is O=C(O)CCOc1cccc(/C=C2/SC(=S)N(NC(=O)c3ccccc3[N+](=O)[O-])C2=O)c1. The average Bonchev–Trinajstić information content (AvgIpc) is 3.01. The Labute approximate surface area is 191 Å². The number of ether oxygens (including phenoxy) is 1. The summed E-state index contributed by atoms with van der Waals surface area (Å²) in [5.41, 5.74) is 2.31. The van der Waals surface area contributed by atoms with Crippen LogP contribution in [0.25, 0.3) is 6.08 Å². The zero-order chi connectivity index (χ0) is 23.3. The number of thioether (sulfide) groups is 1. The van der Waals surface area contributed by atoms with E-state index < -0.39 is 28.4 Å². The highest BCUT2D eigenvalue weighted by Gasteiger charge is 2.34. The number of aliphatic carboxylic acids is 1. The van der Waals surface area contributed by atoms with Gasteiger partial charge < -0.3 is 9.84 Å². The van der Waals surface area contributed by atoms with Crippen molar-refractivity contribution < 1.29 is 29.2 Å². The lowest BCUT2D eigenvalue weighted by molar-refractivity contribution is -0.385. The largest absolute Gasteiger partial charge is 0.493 e. The number of carboxylic acid groups (broad SMARTS) is 1. The van der Waals surface area contributed by atoms with Crippen LogP contribution in [-0.4, -0.2) is 43.7 Å². The first-order valence-electron chi connectivity index (χ1n) is 9.03. The number of benzene rings is 2. The van der Waals surface area contributed by atoms with E-state index in [2.05, 4.69) is 5.43 Å². The summed E-state index contributed by atoms with van der Waals surface area (Å²) >= 11 is 6.12. The first kappa shape index (κ1) is 22.9. The minimum atomic E-state index is -0.979. The first-order valence-corrected chi connectivity index (χ1v) is 10.3. The molecule has 0 atom stereocenters. The summed E-state index contributed by atoms with van der Waals surface area (Å²) in [7, 11) is 0. The topological polar surface area (TPSA) is 139 Å². The molecule has 3 rings (SSSR count). The van der Waals surface area contributed by atoms with Gasteiger partial charge in [-0.05, 0) is 42.1 Å². The number of nitrogens with one attached hydrogen (secondary N) is 1. The Hall–Kier alpha value is -3.77. The maximum Gasteiger partial charge on any atom is 0.306 e. The number of hydrazine groups is 1. The fourth-order valence-corrected chi connectivity index (χ4v) is 3.83. The van der Waals surface area contributed by atoms with Crippen molar-refractivity contribution in [3.05, 3.63) is 74.7 Å². The molecule has 0 bridgehead atoms. The number of nitrogens with zero attached hydrogens (tertiary/aromatic N) is 2. The number of rotatable bonds is 8. The Balaban J connectivity index is 1.74. The van der Waals surface area contributed by atoms with Crippen LogP contribution in [0.2, 0.25) is 0 Å². The summed E-state index contributed by atoms with van der Waals surface area (Å²) in [6.07, 6.45) is 1.39. The molecule has 0 unspecified atom stereocenters. The lowest BCUT2D eigenvalue weighted by Crippen LogP contribution is -2.45. The number of thiocarbonyl (C=S) groups is 1. The van der Waals surface area contributed by atoms with E-state index in [0.29, 0.717) is 11.3 Å². The molecule has 1 aliphatic heterocycles. The summed E-state index contributed by atoms with van der Waals surface area (Å²) in [4.78, 5) is 46.5. The number of amides is 2. The number of para-hydroxylation sites is 1. The molecule has 164 valence electrons. The third-order valence-corrected chi connectivity index (χ3v) is 5.40. The van der Waals surface area contributed by atoms with Crippen molar-refractivity contribution in [3.8, 4) is 5.75 Å². The average molecular weight is 473 g/mol. The second-order valence-electron chi connectivity index (χ2n) is 6.30. The van der Waals surface area contributed by atoms with Gasteiger partial charge in [0.1, 0.15) is 11.3 Å². The zero-order valence-corrected chi connectivity index (χ0v) is 17.9. The molecule has 2 aromatic carbocycles. The molecule has 2 N–H and O–H groups in total. The van der Waals surface area contributed by atoms with Crippen LogP contribution in [0.1, 0.15) is 22.3 Å². The molecule has 12 heteroatoms. The predicted molar refractivity (Wildman–Crippen MR) is 120 cm³/mol. The minimum absolute atomic E-state index is 0.00143. The van der Waals surface area contributed by atoms with Crippen molar-refractivity contribution in [1.29, 1.82) is 0 Å². The Bertz CT molecular complexity index is 1150. The molecule has 10 nitrogen and oxygen atoms in total. The van der Waals surface area contributed by atoms with E-state index in [9.17, 15) is 24.5 Å². The third kappa shape index (κ3) is 5.47. The molecule has 1 saturated heterocycles. The highest BCUT2D eigenvalue weighted by Crippen LogP contribution is 2.32. The number of carbonyl (C=O) groups excluding carboxylic acids is 2. The van der Waals surface area contributed by atoms with Crippen LogP contribution >= 0.6 is 24.0 Å². The quantitative estimate of drug-likeness (QED) is 0.256. The summed E-state index contributed by atoms with van der Waals surface area (Å²) < 4.78 is 5.43. The van der Waals surface area contributed by atoms with Crippen molar-refractivity contribution in [3.63, 3.8) is 0 Å². The van der Waals surface area contributed by atoms with Crippen LogP contribution in [0.3, 0.4) is 0 Å². The molecule has 1 heterocycles. The molecule has 0 aliphatic carbocycles. The molecule has 1 aliphatic rings. The molecule has 2 aromatic rings. The number of hydrogen-bond acceptors (Lipinski definition) is 8. The maximum atomic E-state index is 12.7. The molecule has 0 saturated carbocycles. The molecule has 2 amide bonds. The smallest absolute Gasteiger partial charge is 0.306 e. The predicted octanol–water partition coefficient (Wildman–Crippen LogP) is 2.99. The van der Waals surface area contributed by atoms with E-state index in [-0.39, 0.29) is 27.8 Å². The number of carboxylic acids is 1. The number of nitro groups is 1. The number of nitro benzene ring substituents is 1. The van der Waals surface area contributed by atoms with E-state index in [1.807, 2.05) is 0 Å². The van der Waals surface area contributed by atoms with Gasteiger partial charge in [0.25, 0.3) is 17.5 Å². The van der Waals surface area contributed by atoms with Gasteiger partial charge in [0, 0.05) is 6.07 Å². The molecule has 0 radical (unpaired) electrons. The molecule has 0 aromatic heterocycles. The highest BCUT2D eigenvalue weighted by atomic mass is 32.2. The fourth-order valence-electron chi connectivity index (χ4n) is 2.65. The van der Waals surface area contributed by atoms with Gasteiger partial charge in [-0.25, -0.2) is 0 Å². The molecule has 32 heavy (non-hydrogen) atoms. The summed E-state index contributed by atoms with van der Waals surface area (Å²) in [6.45, 7) is -0.00143. The van der Waals surface area contributed by atoms with Crippen LogP contribution in [-0.2, 0) is 9.59 Å². The van der Waals surface area contributed by atoms with Crippen molar-refractivity contribution in [1.82, 2.24) is 10.4 Å². The lowest BCUT2D eigenvalue weighted by atomic mass is 10.2. The number of carbonyl (C=O) groups is 3. The van der Waals surface area contributed by atoms with E-state index in [1.54, 1.807) is 30.3 Å². The molecular weight excluding hydrogens is 458 g/mol. The highest BCUT2D eigenvalue weighted by molar-refractivity contribution is 8.26. The lowest BCUT2D eigenvalue weighted by Gasteiger charge is -2.15. The monoisotopic (exact) mass is 473 g/mol. The Morgan fingerprint density at radius 1 is 1.25 bits per heavy atom. The Kier molecular flexibility index (Phi) is 7.18. The van der Waals surface area contributed by atoms with Crippen molar-refractivity contribution >= 4 is 57.8 Å². The van der Waals surface area contributed by atoms with E-state index >= 15 is 0 Å². The van der Waals surface area contributed by atoms with E-state index in [1.165, 1.54) is 24.3 Å². The van der Waals surface area contributed by atoms with Gasteiger partial charge >= 0.3 is 5.97 Å². The normalized spacial score (nSPS) is 14.5. The van der Waals surface area contributed by atoms with E-state index in [4.69, 9.17) is 22.1 Å². The molecular formula is C20H15N3O7S2.